The Bertz CT molecular complexity index is 1400. The number of carbonyl (C=O) groups is 1. The molecule has 0 atom stereocenters. The Labute approximate surface area is 214 Å². The van der Waals surface area contributed by atoms with Crippen LogP contribution in [0.15, 0.2) is 66.7 Å². The van der Waals surface area contributed by atoms with Gasteiger partial charge in [0.25, 0.3) is 11.6 Å². The summed E-state index contributed by atoms with van der Waals surface area (Å²) >= 11 is 1.47. The number of aryl methyl sites for hydroxylation is 1. The average Bonchev–Trinajstić information content (AvgIpc) is 3.35. The van der Waals surface area contributed by atoms with Crippen LogP contribution in [-0.4, -0.2) is 28.9 Å². The highest BCUT2D eigenvalue weighted by Gasteiger charge is 2.27. The van der Waals surface area contributed by atoms with Gasteiger partial charge in [0.15, 0.2) is 5.13 Å². The molecule has 7 nitrogen and oxygen atoms in total. The molecule has 1 saturated heterocycles. The number of amides is 1. The van der Waals surface area contributed by atoms with Gasteiger partial charge in [-0.15, -0.1) is 0 Å². The summed E-state index contributed by atoms with van der Waals surface area (Å²) in [5, 5.41) is 12.6. The zero-order valence-electron chi connectivity index (χ0n) is 20.2. The summed E-state index contributed by atoms with van der Waals surface area (Å²) in [5.74, 6) is -0.304. The Balaban J connectivity index is 1.54. The Morgan fingerprint density at radius 2 is 1.81 bits per heavy atom. The summed E-state index contributed by atoms with van der Waals surface area (Å²) < 4.78 is 1.02. The van der Waals surface area contributed by atoms with Crippen LogP contribution < -0.4 is 9.80 Å². The van der Waals surface area contributed by atoms with Crippen molar-refractivity contribution >= 4 is 44.0 Å². The van der Waals surface area contributed by atoms with Crippen molar-refractivity contribution in [2.24, 2.45) is 0 Å². The van der Waals surface area contributed by atoms with Crippen LogP contribution in [-0.2, 0) is 13.0 Å². The smallest absolute Gasteiger partial charge is 0.293 e. The van der Waals surface area contributed by atoms with Crippen molar-refractivity contribution in [1.29, 1.82) is 0 Å². The third-order valence-corrected chi connectivity index (χ3v) is 7.67. The second-order valence-corrected chi connectivity index (χ2v) is 10.0. The number of fused-ring (bicyclic) bond motifs is 1. The third-order valence-electron chi connectivity index (χ3n) is 6.63. The van der Waals surface area contributed by atoms with Crippen LogP contribution in [0.1, 0.15) is 47.7 Å². The van der Waals surface area contributed by atoms with Crippen LogP contribution in [0.3, 0.4) is 0 Å². The quantitative estimate of drug-likeness (QED) is 0.211. The first kappa shape index (κ1) is 23.9. The van der Waals surface area contributed by atoms with Gasteiger partial charge in [0.05, 0.1) is 21.7 Å². The molecule has 0 radical (unpaired) electrons. The summed E-state index contributed by atoms with van der Waals surface area (Å²) in [4.78, 5) is 33.9. The fraction of sp³-hybridized carbons (Fsp3) is 0.286. The van der Waals surface area contributed by atoms with E-state index in [1.807, 2.05) is 36.4 Å². The predicted molar refractivity (Wildman–Crippen MR) is 145 cm³/mol. The Hall–Kier alpha value is -3.78. The Morgan fingerprint density at radius 1 is 1.03 bits per heavy atom. The molecule has 4 aromatic rings. The lowest BCUT2D eigenvalue weighted by Crippen LogP contribution is -2.31. The van der Waals surface area contributed by atoms with E-state index in [4.69, 9.17) is 4.98 Å². The molecule has 0 aliphatic carbocycles. The Kier molecular flexibility index (Phi) is 6.95. The van der Waals surface area contributed by atoms with Gasteiger partial charge >= 0.3 is 0 Å². The normalized spacial score (nSPS) is 13.6. The zero-order chi connectivity index (χ0) is 25.1. The molecule has 36 heavy (non-hydrogen) atoms. The SMILES string of the molecule is CCc1ccc2nc(N(Cc3ccccc3)C(=O)c3ccc(N4CCCCC4)c([N+](=O)[O-])c3)sc2c1. The molecule has 8 heteroatoms. The number of nitrogens with zero attached hydrogens (tertiary/aromatic N) is 4. The largest absolute Gasteiger partial charge is 0.366 e. The summed E-state index contributed by atoms with van der Waals surface area (Å²) in [6, 6.07) is 20.7. The first-order valence-corrected chi connectivity index (χ1v) is 13.1. The van der Waals surface area contributed by atoms with Gasteiger partial charge in [-0.2, -0.15) is 0 Å². The van der Waals surface area contributed by atoms with E-state index in [1.54, 1.807) is 17.0 Å². The van der Waals surface area contributed by atoms with Crippen LogP contribution in [0.2, 0.25) is 0 Å². The number of aromatic nitrogens is 1. The van der Waals surface area contributed by atoms with Crippen molar-refractivity contribution in [3.8, 4) is 0 Å². The van der Waals surface area contributed by atoms with E-state index in [9.17, 15) is 14.9 Å². The number of nitro groups is 1. The van der Waals surface area contributed by atoms with Crippen molar-refractivity contribution in [1.82, 2.24) is 4.98 Å². The van der Waals surface area contributed by atoms with E-state index in [0.717, 1.165) is 54.6 Å². The van der Waals surface area contributed by atoms with Crippen molar-refractivity contribution in [3.63, 3.8) is 0 Å². The van der Waals surface area contributed by atoms with E-state index in [0.29, 0.717) is 17.4 Å². The van der Waals surface area contributed by atoms with Crippen molar-refractivity contribution in [3.05, 3.63) is 93.5 Å². The van der Waals surface area contributed by atoms with Gasteiger partial charge < -0.3 is 4.90 Å². The lowest BCUT2D eigenvalue weighted by atomic mass is 10.1. The number of hydrogen-bond acceptors (Lipinski definition) is 6. The number of nitro benzene ring substituents is 1. The summed E-state index contributed by atoms with van der Waals surface area (Å²) in [7, 11) is 0. The monoisotopic (exact) mass is 500 g/mol. The van der Waals surface area contributed by atoms with E-state index < -0.39 is 0 Å². The van der Waals surface area contributed by atoms with Crippen LogP contribution >= 0.6 is 11.3 Å². The molecule has 5 rings (SSSR count). The third kappa shape index (κ3) is 4.95. The van der Waals surface area contributed by atoms with Gasteiger partial charge in [0.1, 0.15) is 5.69 Å². The van der Waals surface area contributed by atoms with Gasteiger partial charge in [-0.3, -0.25) is 19.8 Å². The fourth-order valence-corrected chi connectivity index (χ4v) is 5.67. The average molecular weight is 501 g/mol. The second-order valence-electron chi connectivity index (χ2n) is 9.04. The molecule has 0 N–H and O–H groups in total. The number of hydrogen-bond donors (Lipinski definition) is 0. The fourth-order valence-electron chi connectivity index (χ4n) is 4.65. The van der Waals surface area contributed by atoms with Gasteiger partial charge in [0, 0.05) is 24.7 Å². The van der Waals surface area contributed by atoms with Crippen LogP contribution in [0.4, 0.5) is 16.5 Å². The minimum absolute atomic E-state index is 0.0284. The number of anilines is 2. The molecule has 1 amide bonds. The molecule has 1 fully saturated rings. The second kappa shape index (κ2) is 10.5. The molecule has 1 aliphatic heterocycles. The van der Waals surface area contributed by atoms with Crippen molar-refractivity contribution in [2.75, 3.05) is 22.9 Å². The van der Waals surface area contributed by atoms with Crippen LogP contribution in [0.5, 0.6) is 0 Å². The first-order valence-electron chi connectivity index (χ1n) is 12.3. The predicted octanol–water partition coefficient (Wildman–Crippen LogP) is 6.60. The maximum atomic E-state index is 13.9. The van der Waals surface area contributed by atoms with E-state index in [1.165, 1.54) is 23.0 Å². The number of piperidine rings is 1. The van der Waals surface area contributed by atoms with Crippen molar-refractivity contribution < 1.29 is 9.72 Å². The Morgan fingerprint density at radius 3 is 2.53 bits per heavy atom. The number of rotatable bonds is 7. The van der Waals surface area contributed by atoms with Crippen LogP contribution in [0.25, 0.3) is 10.2 Å². The molecule has 3 aromatic carbocycles. The molecule has 0 saturated carbocycles. The number of thiazole rings is 1. The standard InChI is InChI=1S/C28H28N4O3S/c1-2-20-11-13-23-26(17-20)36-28(29-23)31(19-21-9-5-3-6-10-21)27(33)22-12-14-24(25(18-22)32(34)35)30-15-7-4-8-16-30/h3,5-6,9-14,17-18H,2,4,7-8,15-16,19H2,1H3. The van der Waals surface area contributed by atoms with Crippen molar-refractivity contribution in [2.45, 2.75) is 39.2 Å². The number of benzene rings is 3. The lowest BCUT2D eigenvalue weighted by molar-refractivity contribution is -0.384. The topological polar surface area (TPSA) is 79.6 Å². The molecule has 0 unspecified atom stereocenters. The highest BCUT2D eigenvalue weighted by molar-refractivity contribution is 7.22. The lowest BCUT2D eigenvalue weighted by Gasteiger charge is -2.28. The molecule has 1 aromatic heterocycles. The highest BCUT2D eigenvalue weighted by atomic mass is 32.1. The summed E-state index contributed by atoms with van der Waals surface area (Å²) in [5.41, 5.74) is 3.84. The molecular weight excluding hydrogens is 472 g/mol. The highest BCUT2D eigenvalue weighted by Crippen LogP contribution is 2.34. The molecule has 0 spiro atoms. The van der Waals surface area contributed by atoms with E-state index in [-0.39, 0.29) is 22.1 Å². The summed E-state index contributed by atoms with van der Waals surface area (Å²) in [6.45, 7) is 4.01. The van der Waals surface area contributed by atoms with Gasteiger partial charge in [-0.1, -0.05) is 54.7 Å². The minimum Gasteiger partial charge on any atom is -0.366 e. The maximum Gasteiger partial charge on any atom is 0.293 e. The number of carbonyl (C=O) groups excluding carboxylic acids is 1. The zero-order valence-corrected chi connectivity index (χ0v) is 21.0. The van der Waals surface area contributed by atoms with E-state index >= 15 is 0 Å². The minimum atomic E-state index is -0.383. The molecule has 184 valence electrons. The van der Waals surface area contributed by atoms with Gasteiger partial charge in [0.2, 0.25) is 0 Å². The first-order chi connectivity index (χ1) is 17.5. The molecule has 0 bridgehead atoms. The van der Waals surface area contributed by atoms with Crippen LogP contribution in [0, 0.1) is 10.1 Å². The molecule has 2 heterocycles. The molecular formula is C28H28N4O3S. The van der Waals surface area contributed by atoms with E-state index in [2.05, 4.69) is 24.0 Å². The van der Waals surface area contributed by atoms with Gasteiger partial charge in [-0.25, -0.2) is 4.98 Å². The maximum absolute atomic E-state index is 13.9. The summed E-state index contributed by atoms with van der Waals surface area (Å²) in [6.07, 6.45) is 4.08. The molecule has 1 aliphatic rings. The van der Waals surface area contributed by atoms with Gasteiger partial charge in [-0.05, 0) is 61.1 Å².